The van der Waals surface area contributed by atoms with Crippen LogP contribution in [0.2, 0.25) is 0 Å². The van der Waals surface area contributed by atoms with E-state index in [0.29, 0.717) is 11.3 Å². The number of nitrogens with two attached hydrogens (primary N) is 1. The van der Waals surface area contributed by atoms with Crippen LogP contribution in [0.25, 0.3) is 0 Å². The lowest BCUT2D eigenvalue weighted by atomic mass is 10.1. The molecule has 0 aromatic carbocycles. The highest BCUT2D eigenvalue weighted by Crippen LogP contribution is 2.25. The highest BCUT2D eigenvalue weighted by molar-refractivity contribution is 14.1. The summed E-state index contributed by atoms with van der Waals surface area (Å²) in [5.41, 5.74) is 6.02. The summed E-state index contributed by atoms with van der Waals surface area (Å²) in [7, 11) is 0. The second-order valence-electron chi connectivity index (χ2n) is 2.64. The van der Waals surface area contributed by atoms with Crippen LogP contribution < -0.4 is 5.73 Å². The molecule has 0 radical (unpaired) electrons. The third-order valence-corrected chi connectivity index (χ3v) is 2.63. The zero-order valence-corrected chi connectivity index (χ0v) is 9.33. The van der Waals surface area contributed by atoms with Crippen molar-refractivity contribution in [1.29, 1.82) is 0 Å². The fraction of sp³-hybridized carbons (Fsp3) is 0.375. The van der Waals surface area contributed by atoms with Gasteiger partial charge in [-0.3, -0.25) is 0 Å². The van der Waals surface area contributed by atoms with E-state index in [9.17, 15) is 8.78 Å². The molecule has 1 heterocycles. The maximum absolute atomic E-state index is 12.4. The second-order valence-corrected chi connectivity index (χ2v) is 3.66. The van der Waals surface area contributed by atoms with Gasteiger partial charge in [0, 0.05) is 12.1 Å². The predicted molar refractivity (Wildman–Crippen MR) is 55.7 cm³/mol. The number of rotatable bonds is 3. The average molecular weight is 314 g/mol. The van der Waals surface area contributed by atoms with E-state index in [-0.39, 0.29) is 22.4 Å². The Hall–Kier alpha value is -0.340. The zero-order chi connectivity index (χ0) is 10.7. The van der Waals surface area contributed by atoms with Crippen molar-refractivity contribution in [2.24, 2.45) is 5.73 Å². The van der Waals surface area contributed by atoms with Gasteiger partial charge in [0.15, 0.2) is 0 Å². The molecule has 3 N–H and O–H groups in total. The van der Waals surface area contributed by atoms with Gasteiger partial charge in [-0.15, -0.1) is 0 Å². The van der Waals surface area contributed by atoms with Crippen LogP contribution in [0.1, 0.15) is 23.2 Å². The topological polar surface area (TPSA) is 59.1 Å². The number of aliphatic hydroxyl groups excluding tert-OH is 1. The third kappa shape index (κ3) is 2.37. The molecule has 6 heteroatoms. The summed E-state index contributed by atoms with van der Waals surface area (Å²) in [6.07, 6.45) is -2.58. The van der Waals surface area contributed by atoms with Crippen LogP contribution >= 0.6 is 22.6 Å². The average Bonchev–Trinajstić information content (AvgIpc) is 2.16. The zero-order valence-electron chi connectivity index (χ0n) is 7.17. The summed E-state index contributed by atoms with van der Waals surface area (Å²) >= 11 is 1.73. The van der Waals surface area contributed by atoms with Crippen LogP contribution in [0, 0.1) is 3.70 Å². The van der Waals surface area contributed by atoms with Crippen LogP contribution in [-0.2, 0) is 13.2 Å². The van der Waals surface area contributed by atoms with Gasteiger partial charge < -0.3 is 10.8 Å². The molecule has 0 bridgehead atoms. The molecule has 78 valence electrons. The minimum atomic E-state index is -2.58. The number of hydrogen-bond donors (Lipinski definition) is 2. The molecule has 0 fully saturated rings. The molecule has 0 atom stereocenters. The van der Waals surface area contributed by atoms with Crippen molar-refractivity contribution in [3.63, 3.8) is 0 Å². The molecule has 14 heavy (non-hydrogen) atoms. The van der Waals surface area contributed by atoms with E-state index < -0.39 is 6.43 Å². The Morgan fingerprint density at radius 3 is 2.64 bits per heavy atom. The Labute approximate surface area is 93.5 Å². The largest absolute Gasteiger partial charge is 0.392 e. The number of pyridine rings is 1. The first kappa shape index (κ1) is 11.7. The first-order valence-corrected chi connectivity index (χ1v) is 4.95. The van der Waals surface area contributed by atoms with Gasteiger partial charge in [-0.05, 0) is 28.7 Å². The Kier molecular flexibility index (Phi) is 4.14. The summed E-state index contributed by atoms with van der Waals surface area (Å²) in [4.78, 5) is 3.91. The van der Waals surface area contributed by atoms with Crippen LogP contribution in [0.3, 0.4) is 0 Å². The standard InChI is InChI=1S/C8H9F2IN2O/c9-7(10)5-1-4(3-14)6(2-12)13-8(5)11/h1,7,14H,2-3,12H2. The monoisotopic (exact) mass is 314 g/mol. The van der Waals surface area contributed by atoms with Gasteiger partial charge in [0.25, 0.3) is 6.43 Å². The predicted octanol–water partition coefficient (Wildman–Crippen LogP) is 1.57. The molecule has 0 aliphatic carbocycles. The number of hydrogen-bond acceptors (Lipinski definition) is 3. The number of aliphatic hydroxyl groups is 1. The van der Waals surface area contributed by atoms with Gasteiger partial charge in [0.2, 0.25) is 0 Å². The molecule has 0 saturated carbocycles. The maximum Gasteiger partial charge on any atom is 0.266 e. The van der Waals surface area contributed by atoms with Gasteiger partial charge in [0.1, 0.15) is 3.70 Å². The fourth-order valence-corrected chi connectivity index (χ4v) is 1.73. The van der Waals surface area contributed by atoms with Crippen molar-refractivity contribution in [1.82, 2.24) is 4.98 Å². The second kappa shape index (κ2) is 4.94. The molecule has 1 aromatic rings. The van der Waals surface area contributed by atoms with Gasteiger partial charge in [0.05, 0.1) is 17.9 Å². The molecule has 0 amide bonds. The molecule has 0 spiro atoms. The summed E-state index contributed by atoms with van der Waals surface area (Å²) in [6, 6.07) is 1.25. The van der Waals surface area contributed by atoms with E-state index >= 15 is 0 Å². The molecule has 1 aromatic heterocycles. The summed E-state index contributed by atoms with van der Waals surface area (Å²) < 4.78 is 25.1. The SMILES string of the molecule is NCc1nc(I)c(C(F)F)cc1CO. The Morgan fingerprint density at radius 1 is 1.57 bits per heavy atom. The van der Waals surface area contributed by atoms with Crippen molar-refractivity contribution >= 4 is 22.6 Å². The molecule has 1 rings (SSSR count). The van der Waals surface area contributed by atoms with Gasteiger partial charge >= 0.3 is 0 Å². The highest BCUT2D eigenvalue weighted by atomic mass is 127. The van der Waals surface area contributed by atoms with Crippen molar-refractivity contribution in [3.05, 3.63) is 26.6 Å². The van der Waals surface area contributed by atoms with E-state index in [4.69, 9.17) is 10.8 Å². The van der Waals surface area contributed by atoms with Crippen molar-refractivity contribution in [2.45, 2.75) is 19.6 Å². The van der Waals surface area contributed by atoms with Crippen LogP contribution in [-0.4, -0.2) is 10.1 Å². The number of nitrogens with zero attached hydrogens (tertiary/aromatic N) is 1. The van der Waals surface area contributed by atoms with E-state index in [2.05, 4.69) is 4.98 Å². The number of halogens is 3. The minimum absolute atomic E-state index is 0.134. The van der Waals surface area contributed by atoms with E-state index in [1.807, 2.05) is 0 Å². The van der Waals surface area contributed by atoms with E-state index in [0.717, 1.165) is 0 Å². The molecule has 3 nitrogen and oxygen atoms in total. The van der Waals surface area contributed by atoms with E-state index in [1.54, 1.807) is 22.6 Å². The van der Waals surface area contributed by atoms with Crippen molar-refractivity contribution < 1.29 is 13.9 Å². The van der Waals surface area contributed by atoms with Gasteiger partial charge in [-0.2, -0.15) is 0 Å². The Morgan fingerprint density at radius 2 is 2.21 bits per heavy atom. The molecule has 0 saturated heterocycles. The highest BCUT2D eigenvalue weighted by Gasteiger charge is 2.15. The molecular formula is C8H9F2IN2O. The van der Waals surface area contributed by atoms with Crippen LogP contribution in [0.4, 0.5) is 8.78 Å². The van der Waals surface area contributed by atoms with Crippen molar-refractivity contribution in [2.75, 3.05) is 0 Å². The van der Waals surface area contributed by atoms with Crippen molar-refractivity contribution in [3.8, 4) is 0 Å². The summed E-state index contributed by atoms with van der Waals surface area (Å²) in [5, 5.41) is 8.90. The lowest BCUT2D eigenvalue weighted by molar-refractivity contribution is 0.149. The summed E-state index contributed by atoms with van der Waals surface area (Å²) in [5.74, 6) is 0. The molecule has 0 aliphatic rings. The lowest BCUT2D eigenvalue weighted by Gasteiger charge is -2.09. The lowest BCUT2D eigenvalue weighted by Crippen LogP contribution is -2.08. The molecule has 0 unspecified atom stereocenters. The Balaban J connectivity index is 3.23. The summed E-state index contributed by atoms with van der Waals surface area (Å²) in [6.45, 7) is -0.189. The van der Waals surface area contributed by atoms with Crippen LogP contribution in [0.5, 0.6) is 0 Å². The van der Waals surface area contributed by atoms with Gasteiger partial charge in [-0.1, -0.05) is 0 Å². The molecular weight excluding hydrogens is 305 g/mol. The quantitative estimate of drug-likeness (QED) is 0.658. The Bertz CT molecular complexity index is 333. The molecule has 0 aliphatic heterocycles. The fourth-order valence-electron chi connectivity index (χ4n) is 1.05. The first-order valence-electron chi connectivity index (χ1n) is 3.87. The third-order valence-electron chi connectivity index (χ3n) is 1.77. The van der Waals surface area contributed by atoms with Gasteiger partial charge in [-0.25, -0.2) is 13.8 Å². The maximum atomic E-state index is 12.4. The number of alkyl halides is 2. The first-order chi connectivity index (χ1) is 6.60. The minimum Gasteiger partial charge on any atom is -0.392 e. The normalized spacial score (nSPS) is 11.0. The number of aromatic nitrogens is 1. The van der Waals surface area contributed by atoms with Crippen LogP contribution in [0.15, 0.2) is 6.07 Å². The van der Waals surface area contributed by atoms with E-state index in [1.165, 1.54) is 6.07 Å². The smallest absolute Gasteiger partial charge is 0.266 e.